The molecule has 0 N–H and O–H groups in total. The number of hydrogen-bond acceptors (Lipinski definition) is 2. The summed E-state index contributed by atoms with van der Waals surface area (Å²) in [5, 5.41) is 4.19. The van der Waals surface area contributed by atoms with Crippen molar-refractivity contribution in [3.8, 4) is 0 Å². The van der Waals surface area contributed by atoms with Gasteiger partial charge in [0.1, 0.15) is 5.69 Å². The molecule has 84 valence electrons. The standard InChI is InChI=1S/C11H17BrN2O/c1-4-5-6-10(15)11-9(12)7-13-14(11)8(2)3/h7-8H,4-6H2,1-3H3. The van der Waals surface area contributed by atoms with Gasteiger partial charge in [-0.1, -0.05) is 13.3 Å². The number of halogens is 1. The summed E-state index contributed by atoms with van der Waals surface area (Å²) < 4.78 is 2.58. The van der Waals surface area contributed by atoms with E-state index in [0.29, 0.717) is 12.1 Å². The number of carbonyl (C=O) groups excluding carboxylic acids is 1. The predicted molar refractivity (Wildman–Crippen MR) is 64.2 cm³/mol. The molecule has 0 unspecified atom stereocenters. The van der Waals surface area contributed by atoms with E-state index in [0.717, 1.165) is 17.3 Å². The normalized spacial score (nSPS) is 11.0. The van der Waals surface area contributed by atoms with Crippen LogP contribution in [0.15, 0.2) is 10.7 Å². The Balaban J connectivity index is 2.91. The second-order valence-corrected chi connectivity index (χ2v) is 4.76. The zero-order chi connectivity index (χ0) is 11.4. The summed E-state index contributed by atoms with van der Waals surface area (Å²) in [7, 11) is 0. The maximum Gasteiger partial charge on any atom is 0.182 e. The van der Waals surface area contributed by atoms with Crippen LogP contribution in [0.3, 0.4) is 0 Å². The third-order valence-corrected chi connectivity index (χ3v) is 2.84. The van der Waals surface area contributed by atoms with Gasteiger partial charge < -0.3 is 0 Å². The van der Waals surface area contributed by atoms with Crippen molar-refractivity contribution in [3.05, 3.63) is 16.4 Å². The number of Topliss-reactive ketones (excluding diaryl/α,β-unsaturated/α-hetero) is 1. The van der Waals surface area contributed by atoms with Crippen LogP contribution in [0, 0.1) is 0 Å². The Labute approximate surface area is 99.0 Å². The summed E-state index contributed by atoms with van der Waals surface area (Å²) >= 11 is 3.37. The van der Waals surface area contributed by atoms with Crippen LogP contribution >= 0.6 is 15.9 Å². The van der Waals surface area contributed by atoms with Gasteiger partial charge in [-0.2, -0.15) is 5.10 Å². The minimum absolute atomic E-state index is 0.176. The zero-order valence-electron chi connectivity index (χ0n) is 9.46. The van der Waals surface area contributed by atoms with Crippen LogP contribution in [0.25, 0.3) is 0 Å². The first-order valence-corrected chi connectivity index (χ1v) is 6.13. The lowest BCUT2D eigenvalue weighted by atomic mass is 10.1. The fraction of sp³-hybridized carbons (Fsp3) is 0.636. The van der Waals surface area contributed by atoms with E-state index >= 15 is 0 Å². The van der Waals surface area contributed by atoms with Crippen LogP contribution in [0.1, 0.15) is 56.6 Å². The molecule has 4 heteroatoms. The molecule has 0 saturated carbocycles. The molecule has 0 bridgehead atoms. The summed E-state index contributed by atoms with van der Waals surface area (Å²) in [5.74, 6) is 0.176. The van der Waals surface area contributed by atoms with E-state index in [1.807, 2.05) is 13.8 Å². The lowest BCUT2D eigenvalue weighted by Gasteiger charge is -2.10. The molecule has 0 atom stereocenters. The van der Waals surface area contributed by atoms with Crippen LogP contribution < -0.4 is 0 Å². The smallest absolute Gasteiger partial charge is 0.182 e. The number of carbonyl (C=O) groups is 1. The Kier molecular flexibility index (Phi) is 4.51. The number of hydrogen-bond donors (Lipinski definition) is 0. The van der Waals surface area contributed by atoms with E-state index in [2.05, 4.69) is 28.0 Å². The predicted octanol–water partition coefficient (Wildman–Crippen LogP) is 3.60. The Bertz CT molecular complexity index is 344. The fourth-order valence-electron chi connectivity index (χ4n) is 1.45. The van der Waals surface area contributed by atoms with Gasteiger partial charge in [0.25, 0.3) is 0 Å². The second-order valence-electron chi connectivity index (χ2n) is 3.91. The molecule has 1 rings (SSSR count). The van der Waals surface area contributed by atoms with Crippen LogP contribution in [0.5, 0.6) is 0 Å². The Morgan fingerprint density at radius 3 is 2.80 bits per heavy atom. The van der Waals surface area contributed by atoms with Gasteiger partial charge in [0.05, 0.1) is 10.7 Å². The van der Waals surface area contributed by atoms with Gasteiger partial charge in [-0.15, -0.1) is 0 Å². The van der Waals surface area contributed by atoms with Gasteiger partial charge in [0.2, 0.25) is 0 Å². The van der Waals surface area contributed by atoms with E-state index in [9.17, 15) is 4.79 Å². The van der Waals surface area contributed by atoms with E-state index in [1.165, 1.54) is 0 Å². The highest BCUT2D eigenvalue weighted by molar-refractivity contribution is 9.10. The van der Waals surface area contributed by atoms with Gasteiger partial charge in [-0.05, 0) is 36.2 Å². The molecule has 1 heterocycles. The molecule has 0 amide bonds. The molecule has 0 spiro atoms. The largest absolute Gasteiger partial charge is 0.292 e. The minimum Gasteiger partial charge on any atom is -0.292 e. The molecule has 0 aromatic carbocycles. The first-order chi connectivity index (χ1) is 7.07. The van der Waals surface area contributed by atoms with Crippen molar-refractivity contribution < 1.29 is 4.79 Å². The quantitative estimate of drug-likeness (QED) is 0.768. The monoisotopic (exact) mass is 272 g/mol. The molecule has 0 aliphatic heterocycles. The van der Waals surface area contributed by atoms with E-state index in [4.69, 9.17) is 0 Å². The molecule has 3 nitrogen and oxygen atoms in total. The Hall–Kier alpha value is -0.640. The number of aromatic nitrogens is 2. The SMILES string of the molecule is CCCCC(=O)c1c(Br)cnn1C(C)C. The van der Waals surface area contributed by atoms with E-state index < -0.39 is 0 Å². The van der Waals surface area contributed by atoms with Crippen LogP contribution in [0.2, 0.25) is 0 Å². The van der Waals surface area contributed by atoms with Gasteiger partial charge >= 0.3 is 0 Å². The van der Waals surface area contributed by atoms with Gasteiger partial charge in [0, 0.05) is 12.5 Å². The third-order valence-electron chi connectivity index (χ3n) is 2.26. The molecule has 0 saturated heterocycles. The summed E-state index contributed by atoms with van der Waals surface area (Å²) in [6.07, 6.45) is 4.28. The average Bonchev–Trinajstić information content (AvgIpc) is 2.56. The second kappa shape index (κ2) is 5.45. The van der Waals surface area contributed by atoms with Crippen molar-refractivity contribution in [1.82, 2.24) is 9.78 Å². The summed E-state index contributed by atoms with van der Waals surface area (Å²) in [5.41, 5.74) is 0.707. The van der Waals surface area contributed by atoms with Crippen LogP contribution in [-0.4, -0.2) is 15.6 Å². The molecular weight excluding hydrogens is 256 g/mol. The highest BCUT2D eigenvalue weighted by Gasteiger charge is 2.17. The first kappa shape index (κ1) is 12.4. The van der Waals surface area contributed by atoms with E-state index in [-0.39, 0.29) is 11.8 Å². The minimum atomic E-state index is 0.176. The van der Waals surface area contributed by atoms with Crippen LogP contribution in [-0.2, 0) is 0 Å². The van der Waals surface area contributed by atoms with Gasteiger partial charge in [-0.3, -0.25) is 9.48 Å². The van der Waals surface area contributed by atoms with Crippen molar-refractivity contribution in [1.29, 1.82) is 0 Å². The number of nitrogens with zero attached hydrogens (tertiary/aromatic N) is 2. The Morgan fingerprint density at radius 2 is 2.27 bits per heavy atom. The fourth-order valence-corrected chi connectivity index (χ4v) is 1.94. The zero-order valence-corrected chi connectivity index (χ0v) is 11.0. The van der Waals surface area contributed by atoms with Gasteiger partial charge in [-0.25, -0.2) is 0 Å². The summed E-state index contributed by atoms with van der Waals surface area (Å²) in [6, 6.07) is 0.219. The average molecular weight is 273 g/mol. The summed E-state index contributed by atoms with van der Waals surface area (Å²) in [4.78, 5) is 11.9. The van der Waals surface area contributed by atoms with Gasteiger partial charge in [0.15, 0.2) is 5.78 Å². The molecule has 15 heavy (non-hydrogen) atoms. The van der Waals surface area contributed by atoms with E-state index in [1.54, 1.807) is 10.9 Å². The molecule has 1 aromatic heterocycles. The van der Waals surface area contributed by atoms with Crippen LogP contribution in [0.4, 0.5) is 0 Å². The van der Waals surface area contributed by atoms with Crippen molar-refractivity contribution in [2.24, 2.45) is 0 Å². The van der Waals surface area contributed by atoms with Crippen molar-refractivity contribution in [2.45, 2.75) is 46.1 Å². The molecule has 0 aliphatic carbocycles. The number of rotatable bonds is 5. The van der Waals surface area contributed by atoms with Crippen molar-refractivity contribution in [3.63, 3.8) is 0 Å². The highest BCUT2D eigenvalue weighted by atomic mass is 79.9. The highest BCUT2D eigenvalue weighted by Crippen LogP contribution is 2.21. The maximum absolute atomic E-state index is 11.9. The maximum atomic E-state index is 11.9. The third kappa shape index (κ3) is 2.91. The molecule has 0 aliphatic rings. The van der Waals surface area contributed by atoms with Crippen molar-refractivity contribution >= 4 is 21.7 Å². The Morgan fingerprint density at radius 1 is 1.60 bits per heavy atom. The lowest BCUT2D eigenvalue weighted by Crippen LogP contribution is -2.13. The number of ketones is 1. The topological polar surface area (TPSA) is 34.9 Å². The summed E-state index contributed by atoms with van der Waals surface area (Å²) in [6.45, 7) is 6.13. The molecule has 0 radical (unpaired) electrons. The lowest BCUT2D eigenvalue weighted by molar-refractivity contribution is 0.0966. The van der Waals surface area contributed by atoms with Crippen molar-refractivity contribution in [2.75, 3.05) is 0 Å². The number of unbranched alkanes of at least 4 members (excludes halogenated alkanes) is 1. The molecule has 1 aromatic rings. The molecule has 0 fully saturated rings. The molecular formula is C11H17BrN2O. The first-order valence-electron chi connectivity index (χ1n) is 5.34.